The number of nitrogens with zero attached hydrogens (tertiary/aromatic N) is 4. The molecule has 1 fully saturated rings. The molecule has 0 N–H and O–H groups in total. The molecule has 3 heterocycles. The molecule has 0 aliphatic carbocycles. The Morgan fingerprint density at radius 3 is 2.57 bits per heavy atom. The molecule has 0 radical (unpaired) electrons. The minimum atomic E-state index is -0.0613. The number of amides is 1. The van der Waals surface area contributed by atoms with E-state index in [1.165, 1.54) is 6.20 Å². The highest BCUT2D eigenvalue weighted by molar-refractivity contribution is 6.33. The summed E-state index contributed by atoms with van der Waals surface area (Å²) in [5.41, 5.74) is 0.463. The molecule has 108 valence electrons. The van der Waals surface area contributed by atoms with Crippen LogP contribution in [0.5, 0.6) is 0 Å². The van der Waals surface area contributed by atoms with Gasteiger partial charge in [-0.05, 0) is 18.2 Å². The van der Waals surface area contributed by atoms with Gasteiger partial charge < -0.3 is 9.80 Å². The second kappa shape index (κ2) is 6.10. The first-order valence-corrected chi connectivity index (χ1v) is 7.18. The van der Waals surface area contributed by atoms with Crippen LogP contribution in [0.4, 0.5) is 5.82 Å². The van der Waals surface area contributed by atoms with Crippen LogP contribution >= 0.6 is 11.6 Å². The van der Waals surface area contributed by atoms with Crippen molar-refractivity contribution in [2.45, 2.75) is 0 Å². The van der Waals surface area contributed by atoms with E-state index in [0.29, 0.717) is 23.7 Å². The predicted octanol–water partition coefficient (Wildman–Crippen LogP) is 2.09. The van der Waals surface area contributed by atoms with Crippen molar-refractivity contribution in [2.75, 3.05) is 31.1 Å². The highest BCUT2D eigenvalue weighted by Crippen LogP contribution is 2.18. The van der Waals surface area contributed by atoms with Gasteiger partial charge in [-0.3, -0.25) is 9.78 Å². The first kappa shape index (κ1) is 13.8. The zero-order valence-corrected chi connectivity index (χ0v) is 12.2. The molecule has 3 rings (SSSR count). The summed E-state index contributed by atoms with van der Waals surface area (Å²) in [6.07, 6.45) is 4.89. The highest BCUT2D eigenvalue weighted by atomic mass is 35.5. The molecule has 21 heavy (non-hydrogen) atoms. The Kier molecular flexibility index (Phi) is 4.01. The lowest BCUT2D eigenvalue weighted by Gasteiger charge is -2.35. The molecule has 2 aromatic rings. The van der Waals surface area contributed by atoms with E-state index in [9.17, 15) is 4.79 Å². The fourth-order valence-corrected chi connectivity index (χ4v) is 2.57. The lowest BCUT2D eigenvalue weighted by molar-refractivity contribution is 0.0746. The van der Waals surface area contributed by atoms with Crippen molar-refractivity contribution < 1.29 is 4.79 Å². The van der Waals surface area contributed by atoms with Crippen LogP contribution in [-0.2, 0) is 0 Å². The summed E-state index contributed by atoms with van der Waals surface area (Å²) < 4.78 is 0. The quantitative estimate of drug-likeness (QED) is 0.852. The number of carbonyl (C=O) groups excluding carboxylic acids is 1. The second-order valence-electron chi connectivity index (χ2n) is 4.82. The van der Waals surface area contributed by atoms with E-state index < -0.39 is 0 Å². The van der Waals surface area contributed by atoms with E-state index >= 15 is 0 Å². The SMILES string of the molecule is O=C(c1cnccc1Cl)N1CCN(c2ccccn2)CC1. The molecule has 1 aliphatic rings. The number of piperazine rings is 1. The molecule has 1 amide bonds. The van der Waals surface area contributed by atoms with Crippen LogP contribution in [0, 0.1) is 0 Å². The number of aromatic nitrogens is 2. The molecule has 1 saturated heterocycles. The van der Waals surface area contributed by atoms with Crippen LogP contribution in [0.2, 0.25) is 5.02 Å². The molecule has 2 aromatic heterocycles. The zero-order valence-electron chi connectivity index (χ0n) is 11.4. The Labute approximate surface area is 128 Å². The molecule has 0 unspecified atom stereocenters. The van der Waals surface area contributed by atoms with Crippen molar-refractivity contribution in [3.8, 4) is 0 Å². The van der Waals surface area contributed by atoms with Gasteiger partial charge in [-0.1, -0.05) is 17.7 Å². The van der Waals surface area contributed by atoms with Gasteiger partial charge in [0.1, 0.15) is 5.82 Å². The number of rotatable bonds is 2. The van der Waals surface area contributed by atoms with Crippen LogP contribution in [0.3, 0.4) is 0 Å². The molecular formula is C15H15ClN4O. The molecule has 5 nitrogen and oxygen atoms in total. The molecule has 1 aliphatic heterocycles. The Balaban J connectivity index is 1.66. The summed E-state index contributed by atoms with van der Waals surface area (Å²) in [5, 5.41) is 0.446. The lowest BCUT2D eigenvalue weighted by atomic mass is 10.2. The maximum atomic E-state index is 12.4. The minimum Gasteiger partial charge on any atom is -0.353 e. The first-order chi connectivity index (χ1) is 10.3. The summed E-state index contributed by atoms with van der Waals surface area (Å²) >= 11 is 6.05. The fraction of sp³-hybridized carbons (Fsp3) is 0.267. The van der Waals surface area contributed by atoms with E-state index in [0.717, 1.165) is 18.9 Å². The summed E-state index contributed by atoms with van der Waals surface area (Å²) in [6, 6.07) is 7.48. The maximum Gasteiger partial charge on any atom is 0.257 e. The van der Waals surface area contributed by atoms with Crippen LogP contribution in [-0.4, -0.2) is 47.0 Å². The van der Waals surface area contributed by atoms with Gasteiger partial charge in [-0.2, -0.15) is 0 Å². The van der Waals surface area contributed by atoms with Crippen LogP contribution < -0.4 is 4.90 Å². The number of carbonyl (C=O) groups is 1. The number of hydrogen-bond donors (Lipinski definition) is 0. The summed E-state index contributed by atoms with van der Waals surface area (Å²) in [6.45, 7) is 2.84. The van der Waals surface area contributed by atoms with E-state index in [2.05, 4.69) is 14.9 Å². The largest absolute Gasteiger partial charge is 0.353 e. The predicted molar refractivity (Wildman–Crippen MR) is 81.6 cm³/mol. The van der Waals surface area contributed by atoms with Gasteiger partial charge >= 0.3 is 0 Å². The van der Waals surface area contributed by atoms with E-state index in [-0.39, 0.29) is 5.91 Å². The minimum absolute atomic E-state index is 0.0613. The third kappa shape index (κ3) is 2.97. The summed E-state index contributed by atoms with van der Waals surface area (Å²) in [4.78, 5) is 24.7. The number of halogens is 1. The third-order valence-corrected chi connectivity index (χ3v) is 3.87. The topological polar surface area (TPSA) is 49.3 Å². The van der Waals surface area contributed by atoms with Gasteiger partial charge in [0, 0.05) is 44.8 Å². The van der Waals surface area contributed by atoms with Crippen LogP contribution in [0.25, 0.3) is 0 Å². The van der Waals surface area contributed by atoms with Gasteiger partial charge in [-0.25, -0.2) is 4.98 Å². The lowest BCUT2D eigenvalue weighted by Crippen LogP contribution is -2.49. The van der Waals surface area contributed by atoms with E-state index in [1.807, 2.05) is 23.1 Å². The number of anilines is 1. The summed E-state index contributed by atoms with van der Waals surface area (Å²) in [7, 11) is 0. The van der Waals surface area contributed by atoms with Crippen LogP contribution in [0.15, 0.2) is 42.9 Å². The van der Waals surface area contributed by atoms with Crippen molar-refractivity contribution in [3.05, 3.63) is 53.4 Å². The standard InChI is InChI=1S/C15H15ClN4O/c16-13-4-6-17-11-12(13)15(21)20-9-7-19(8-10-20)14-3-1-2-5-18-14/h1-6,11H,7-10H2. The Bertz CT molecular complexity index is 627. The van der Waals surface area contributed by atoms with Gasteiger partial charge in [0.25, 0.3) is 5.91 Å². The average Bonchev–Trinajstić information content (AvgIpc) is 2.56. The fourth-order valence-electron chi connectivity index (χ4n) is 2.38. The van der Waals surface area contributed by atoms with Crippen molar-refractivity contribution in [1.82, 2.24) is 14.9 Å². The monoisotopic (exact) mass is 302 g/mol. The van der Waals surface area contributed by atoms with Crippen molar-refractivity contribution >= 4 is 23.3 Å². The number of hydrogen-bond acceptors (Lipinski definition) is 4. The maximum absolute atomic E-state index is 12.4. The molecule has 0 atom stereocenters. The molecular weight excluding hydrogens is 288 g/mol. The Hall–Kier alpha value is -2.14. The second-order valence-corrected chi connectivity index (χ2v) is 5.23. The highest BCUT2D eigenvalue weighted by Gasteiger charge is 2.24. The normalized spacial score (nSPS) is 15.1. The van der Waals surface area contributed by atoms with Gasteiger partial charge in [0.05, 0.1) is 10.6 Å². The molecule has 0 bridgehead atoms. The summed E-state index contributed by atoms with van der Waals surface area (Å²) in [5.74, 6) is 0.887. The smallest absolute Gasteiger partial charge is 0.257 e. The van der Waals surface area contributed by atoms with E-state index in [4.69, 9.17) is 11.6 Å². The average molecular weight is 303 g/mol. The van der Waals surface area contributed by atoms with Crippen LogP contribution in [0.1, 0.15) is 10.4 Å². The number of pyridine rings is 2. The van der Waals surface area contributed by atoms with Crippen molar-refractivity contribution in [1.29, 1.82) is 0 Å². The van der Waals surface area contributed by atoms with E-state index in [1.54, 1.807) is 18.5 Å². The van der Waals surface area contributed by atoms with Crippen molar-refractivity contribution in [2.24, 2.45) is 0 Å². The Morgan fingerprint density at radius 1 is 1.10 bits per heavy atom. The zero-order chi connectivity index (χ0) is 14.7. The molecule has 0 aromatic carbocycles. The first-order valence-electron chi connectivity index (χ1n) is 6.80. The molecule has 6 heteroatoms. The molecule has 0 spiro atoms. The third-order valence-electron chi connectivity index (χ3n) is 3.54. The van der Waals surface area contributed by atoms with Gasteiger partial charge in [0.2, 0.25) is 0 Å². The van der Waals surface area contributed by atoms with Gasteiger partial charge in [0.15, 0.2) is 0 Å². The Morgan fingerprint density at radius 2 is 1.90 bits per heavy atom. The van der Waals surface area contributed by atoms with Crippen molar-refractivity contribution in [3.63, 3.8) is 0 Å². The van der Waals surface area contributed by atoms with Gasteiger partial charge in [-0.15, -0.1) is 0 Å². The molecule has 0 saturated carbocycles.